The van der Waals surface area contributed by atoms with Gasteiger partial charge in [0.1, 0.15) is 0 Å². The zero-order valence-corrected chi connectivity index (χ0v) is 12.4. The van der Waals surface area contributed by atoms with E-state index in [2.05, 4.69) is 0 Å². The maximum Gasteiger partial charge on any atom is 0.0780 e. The molecule has 1 aromatic carbocycles. The summed E-state index contributed by atoms with van der Waals surface area (Å²) in [5.41, 5.74) is 6.46. The van der Waals surface area contributed by atoms with Crippen molar-refractivity contribution in [2.24, 2.45) is 11.1 Å². The van der Waals surface area contributed by atoms with Gasteiger partial charge in [-0.2, -0.15) is 0 Å². The quantitative estimate of drug-likeness (QED) is 0.872. The molecule has 1 aromatic rings. The van der Waals surface area contributed by atoms with Crippen LogP contribution in [0.1, 0.15) is 32.4 Å². The van der Waals surface area contributed by atoms with Crippen molar-refractivity contribution < 1.29 is 5.11 Å². The lowest BCUT2D eigenvalue weighted by Crippen LogP contribution is -2.36. The third kappa shape index (κ3) is 4.65. The fourth-order valence-corrected chi connectivity index (χ4v) is 2.03. The van der Waals surface area contributed by atoms with Gasteiger partial charge >= 0.3 is 0 Å². The number of benzene rings is 1. The summed E-state index contributed by atoms with van der Waals surface area (Å²) >= 11 is 11.8. The largest absolute Gasteiger partial charge is 0.391 e. The molecular formula is C12H18Cl3NO. The average Bonchev–Trinajstić information content (AvgIpc) is 2.12. The topological polar surface area (TPSA) is 46.2 Å². The minimum atomic E-state index is -0.651. The number of rotatable bonds is 2. The Bertz CT molecular complexity index is 356. The van der Waals surface area contributed by atoms with E-state index in [0.29, 0.717) is 10.0 Å². The number of halogens is 3. The van der Waals surface area contributed by atoms with Crippen LogP contribution in [0.3, 0.4) is 0 Å². The fourth-order valence-electron chi connectivity index (χ4n) is 1.49. The van der Waals surface area contributed by atoms with Gasteiger partial charge < -0.3 is 10.8 Å². The first kappa shape index (κ1) is 17.0. The van der Waals surface area contributed by atoms with Crippen molar-refractivity contribution in [1.82, 2.24) is 0 Å². The molecule has 3 N–H and O–H groups in total. The molecule has 98 valence electrons. The first-order valence-corrected chi connectivity index (χ1v) is 5.87. The third-order valence-corrected chi connectivity index (χ3v) is 2.93. The minimum Gasteiger partial charge on any atom is -0.391 e. The maximum absolute atomic E-state index is 10.1. The van der Waals surface area contributed by atoms with Gasteiger partial charge in [-0.15, -0.1) is 12.4 Å². The van der Waals surface area contributed by atoms with Gasteiger partial charge in [-0.3, -0.25) is 0 Å². The van der Waals surface area contributed by atoms with Crippen LogP contribution in [0, 0.1) is 5.41 Å². The molecule has 0 spiro atoms. The van der Waals surface area contributed by atoms with Crippen LogP contribution >= 0.6 is 35.6 Å². The van der Waals surface area contributed by atoms with Crippen molar-refractivity contribution in [3.8, 4) is 0 Å². The summed E-state index contributed by atoms with van der Waals surface area (Å²) < 4.78 is 0. The van der Waals surface area contributed by atoms with Crippen LogP contribution in [0.15, 0.2) is 18.2 Å². The van der Waals surface area contributed by atoms with Crippen LogP contribution < -0.4 is 5.73 Å². The van der Waals surface area contributed by atoms with Crippen molar-refractivity contribution in [3.05, 3.63) is 33.8 Å². The highest BCUT2D eigenvalue weighted by atomic mass is 35.5. The molecule has 0 radical (unpaired) electrons. The second-order valence-corrected chi connectivity index (χ2v) is 5.91. The van der Waals surface area contributed by atoms with E-state index in [-0.39, 0.29) is 17.8 Å². The fraction of sp³-hybridized carbons (Fsp3) is 0.500. The first-order valence-electron chi connectivity index (χ1n) is 5.11. The third-order valence-electron chi connectivity index (χ3n) is 2.50. The van der Waals surface area contributed by atoms with Crippen LogP contribution in [-0.4, -0.2) is 11.2 Å². The molecule has 0 amide bonds. The van der Waals surface area contributed by atoms with E-state index in [9.17, 15) is 5.11 Å². The predicted octanol–water partition coefficient (Wildman–Crippen LogP) is 3.82. The molecule has 2 nitrogen and oxygen atoms in total. The van der Waals surface area contributed by atoms with Crippen molar-refractivity contribution in [3.63, 3.8) is 0 Å². The van der Waals surface area contributed by atoms with E-state index in [1.807, 2.05) is 20.8 Å². The standard InChI is InChI=1S/C12H17Cl2NO.ClH/c1-12(2,3)11(16)10(15)7-4-8(13)6-9(14)5-7;/h4-6,10-11,16H,15H2,1-3H3;1H/t10-,11-;/m0./s1. The molecule has 0 bridgehead atoms. The molecule has 0 unspecified atom stereocenters. The molecule has 0 saturated carbocycles. The van der Waals surface area contributed by atoms with Crippen LogP contribution in [0.4, 0.5) is 0 Å². The molecule has 17 heavy (non-hydrogen) atoms. The van der Waals surface area contributed by atoms with Gasteiger partial charge in [-0.05, 0) is 29.2 Å². The summed E-state index contributed by atoms with van der Waals surface area (Å²) in [5, 5.41) is 11.1. The van der Waals surface area contributed by atoms with Gasteiger partial charge in [0.25, 0.3) is 0 Å². The number of aliphatic hydroxyl groups excluding tert-OH is 1. The zero-order valence-electron chi connectivity index (χ0n) is 10.1. The van der Waals surface area contributed by atoms with E-state index < -0.39 is 12.1 Å². The number of nitrogens with two attached hydrogens (primary N) is 1. The van der Waals surface area contributed by atoms with E-state index in [1.165, 1.54) is 0 Å². The summed E-state index contributed by atoms with van der Waals surface area (Å²) in [6, 6.07) is 4.61. The molecule has 0 aliphatic carbocycles. The van der Waals surface area contributed by atoms with Crippen LogP contribution in [0.2, 0.25) is 10.0 Å². The van der Waals surface area contributed by atoms with Crippen LogP contribution in [0.25, 0.3) is 0 Å². The van der Waals surface area contributed by atoms with Crippen LogP contribution in [0.5, 0.6) is 0 Å². The van der Waals surface area contributed by atoms with Gasteiger partial charge in [0.2, 0.25) is 0 Å². The number of hydrogen-bond donors (Lipinski definition) is 2. The molecule has 0 aliphatic heterocycles. The lowest BCUT2D eigenvalue weighted by Gasteiger charge is -2.31. The van der Waals surface area contributed by atoms with E-state index in [0.717, 1.165) is 5.56 Å². The molecule has 0 saturated heterocycles. The summed E-state index contributed by atoms with van der Waals surface area (Å²) in [6.07, 6.45) is -0.651. The Balaban J connectivity index is 0.00000256. The van der Waals surface area contributed by atoms with Crippen LogP contribution in [-0.2, 0) is 0 Å². The molecule has 0 aromatic heterocycles. The number of aliphatic hydroxyl groups is 1. The highest BCUT2D eigenvalue weighted by molar-refractivity contribution is 6.34. The Hall–Kier alpha value is 0.01000. The monoisotopic (exact) mass is 297 g/mol. The summed E-state index contributed by atoms with van der Waals surface area (Å²) in [7, 11) is 0. The Morgan fingerprint density at radius 1 is 1.12 bits per heavy atom. The first-order chi connectivity index (χ1) is 7.21. The van der Waals surface area contributed by atoms with E-state index >= 15 is 0 Å². The normalized spacial score (nSPS) is 15.0. The molecule has 2 atom stereocenters. The molecule has 0 heterocycles. The minimum absolute atomic E-state index is 0. The van der Waals surface area contributed by atoms with Gasteiger partial charge in [0.15, 0.2) is 0 Å². The maximum atomic E-state index is 10.1. The smallest absolute Gasteiger partial charge is 0.0780 e. The van der Waals surface area contributed by atoms with E-state index in [4.69, 9.17) is 28.9 Å². The Labute approximate surface area is 119 Å². The van der Waals surface area contributed by atoms with Crippen molar-refractivity contribution in [2.45, 2.75) is 32.9 Å². The molecular weight excluding hydrogens is 280 g/mol. The van der Waals surface area contributed by atoms with Crippen molar-refractivity contribution in [2.75, 3.05) is 0 Å². The van der Waals surface area contributed by atoms with Gasteiger partial charge in [0.05, 0.1) is 12.1 Å². The van der Waals surface area contributed by atoms with Crippen molar-refractivity contribution in [1.29, 1.82) is 0 Å². The molecule has 0 fully saturated rings. The summed E-state index contributed by atoms with van der Waals surface area (Å²) in [5.74, 6) is 0. The average molecular weight is 299 g/mol. The molecule has 5 heteroatoms. The highest BCUT2D eigenvalue weighted by Gasteiger charge is 2.29. The van der Waals surface area contributed by atoms with E-state index in [1.54, 1.807) is 18.2 Å². The van der Waals surface area contributed by atoms with Gasteiger partial charge in [-0.1, -0.05) is 44.0 Å². The van der Waals surface area contributed by atoms with Gasteiger partial charge in [0, 0.05) is 10.0 Å². The lowest BCUT2D eigenvalue weighted by molar-refractivity contribution is 0.0401. The Morgan fingerprint density at radius 2 is 1.53 bits per heavy atom. The summed E-state index contributed by atoms with van der Waals surface area (Å²) in [4.78, 5) is 0. The van der Waals surface area contributed by atoms with Crippen molar-refractivity contribution >= 4 is 35.6 Å². The van der Waals surface area contributed by atoms with Gasteiger partial charge in [-0.25, -0.2) is 0 Å². The lowest BCUT2D eigenvalue weighted by atomic mass is 9.82. The second kappa shape index (κ2) is 6.26. The Morgan fingerprint density at radius 3 is 1.88 bits per heavy atom. The molecule has 1 rings (SSSR count). The second-order valence-electron chi connectivity index (χ2n) is 5.04. The number of hydrogen-bond acceptors (Lipinski definition) is 2. The molecule has 0 aliphatic rings. The Kier molecular flexibility index (Phi) is 6.26. The zero-order chi connectivity index (χ0) is 12.5. The SMILES string of the molecule is CC(C)(C)[C@@H](O)[C@@H](N)c1cc(Cl)cc(Cl)c1.Cl. The predicted molar refractivity (Wildman–Crippen MR) is 76.1 cm³/mol. The highest BCUT2D eigenvalue weighted by Crippen LogP contribution is 2.31. The summed E-state index contributed by atoms with van der Waals surface area (Å²) in [6.45, 7) is 5.80.